The number of carboxylic acids is 1. The minimum Gasteiger partial charge on any atom is -0.481 e. The molecule has 23 heavy (non-hydrogen) atoms. The van der Waals surface area contributed by atoms with E-state index < -0.39 is 11.9 Å². The molecule has 1 unspecified atom stereocenters. The Morgan fingerprint density at radius 2 is 2.17 bits per heavy atom. The molecule has 1 aromatic carbocycles. The zero-order chi connectivity index (χ0) is 16.4. The molecule has 1 saturated heterocycles. The van der Waals surface area contributed by atoms with E-state index >= 15 is 0 Å². The number of hydrogen-bond acceptors (Lipinski definition) is 4. The van der Waals surface area contributed by atoms with Crippen LogP contribution in [0.25, 0.3) is 0 Å². The molecule has 1 N–H and O–H groups in total. The van der Waals surface area contributed by atoms with Crippen molar-refractivity contribution in [2.45, 2.75) is 12.8 Å². The first-order valence-electron chi connectivity index (χ1n) is 7.25. The molecule has 2 heterocycles. The topological polar surface area (TPSA) is 70.5 Å². The van der Waals surface area contributed by atoms with Crippen molar-refractivity contribution in [3.63, 3.8) is 0 Å². The highest BCUT2D eigenvalue weighted by atomic mass is 32.1. The standard InChI is InChI=1S/C16H15FN2O3S/c17-12-4-2-1-3-10(12)7-14-18-8-13(23-14)15(20)19-6-5-11(9-19)16(21)22/h1-4,8,11H,5-7,9H2,(H,21,22). The molecule has 1 amide bonds. The number of aromatic nitrogens is 1. The summed E-state index contributed by atoms with van der Waals surface area (Å²) in [5.74, 6) is -1.86. The number of benzene rings is 1. The number of hydrogen-bond donors (Lipinski definition) is 1. The monoisotopic (exact) mass is 334 g/mol. The lowest BCUT2D eigenvalue weighted by atomic mass is 10.1. The third-order valence-electron chi connectivity index (χ3n) is 3.89. The van der Waals surface area contributed by atoms with Crippen LogP contribution in [-0.4, -0.2) is 40.0 Å². The van der Waals surface area contributed by atoms with Gasteiger partial charge < -0.3 is 10.0 Å². The fourth-order valence-corrected chi connectivity index (χ4v) is 3.51. The zero-order valence-electron chi connectivity index (χ0n) is 12.2. The van der Waals surface area contributed by atoms with Crippen LogP contribution in [0.2, 0.25) is 0 Å². The third-order valence-corrected chi connectivity index (χ3v) is 4.87. The van der Waals surface area contributed by atoms with E-state index in [0.29, 0.717) is 34.8 Å². The van der Waals surface area contributed by atoms with Crippen LogP contribution in [0.1, 0.15) is 26.7 Å². The summed E-state index contributed by atoms with van der Waals surface area (Å²) in [6, 6.07) is 6.47. The molecule has 3 rings (SSSR count). The van der Waals surface area contributed by atoms with E-state index in [4.69, 9.17) is 5.11 Å². The molecule has 1 aromatic heterocycles. The first kappa shape index (κ1) is 15.6. The summed E-state index contributed by atoms with van der Waals surface area (Å²) in [7, 11) is 0. The van der Waals surface area contributed by atoms with Crippen LogP contribution in [0.5, 0.6) is 0 Å². The summed E-state index contributed by atoms with van der Waals surface area (Å²) in [6.45, 7) is 0.672. The molecule has 0 spiro atoms. The Hall–Kier alpha value is -2.28. The largest absolute Gasteiger partial charge is 0.481 e. The van der Waals surface area contributed by atoms with E-state index in [2.05, 4.69) is 4.98 Å². The number of carboxylic acid groups (broad SMARTS) is 1. The molecular weight excluding hydrogens is 319 g/mol. The number of nitrogens with zero attached hydrogens (tertiary/aromatic N) is 2. The van der Waals surface area contributed by atoms with E-state index in [1.54, 1.807) is 23.1 Å². The van der Waals surface area contributed by atoms with Gasteiger partial charge in [-0.05, 0) is 18.1 Å². The van der Waals surface area contributed by atoms with Gasteiger partial charge in [-0.25, -0.2) is 9.37 Å². The lowest BCUT2D eigenvalue weighted by Gasteiger charge is -2.13. The maximum absolute atomic E-state index is 13.7. The van der Waals surface area contributed by atoms with E-state index in [1.165, 1.54) is 23.6 Å². The Balaban J connectivity index is 1.69. The minimum atomic E-state index is -0.871. The van der Waals surface area contributed by atoms with Gasteiger partial charge in [0.25, 0.3) is 5.91 Å². The molecule has 0 aliphatic carbocycles. The quantitative estimate of drug-likeness (QED) is 0.932. The van der Waals surface area contributed by atoms with Gasteiger partial charge >= 0.3 is 5.97 Å². The lowest BCUT2D eigenvalue weighted by molar-refractivity contribution is -0.141. The highest BCUT2D eigenvalue weighted by Gasteiger charge is 2.32. The number of aliphatic carboxylic acids is 1. The van der Waals surface area contributed by atoms with Crippen LogP contribution in [0.4, 0.5) is 4.39 Å². The molecule has 5 nitrogen and oxygen atoms in total. The number of carbonyl (C=O) groups is 2. The van der Waals surface area contributed by atoms with Gasteiger partial charge in [0.1, 0.15) is 10.7 Å². The number of carbonyl (C=O) groups excluding carboxylic acids is 1. The molecule has 0 radical (unpaired) electrons. The van der Waals surface area contributed by atoms with Crippen molar-refractivity contribution in [3.8, 4) is 0 Å². The van der Waals surface area contributed by atoms with Crippen molar-refractivity contribution < 1.29 is 19.1 Å². The molecule has 1 aliphatic rings. The molecule has 1 atom stereocenters. The predicted octanol–water partition coefficient (Wildman–Crippen LogP) is 2.42. The predicted molar refractivity (Wildman–Crippen MR) is 83.0 cm³/mol. The van der Waals surface area contributed by atoms with Crippen molar-refractivity contribution in [2.75, 3.05) is 13.1 Å². The molecule has 7 heteroatoms. The van der Waals surface area contributed by atoms with Crippen molar-refractivity contribution in [1.82, 2.24) is 9.88 Å². The first-order chi connectivity index (χ1) is 11.0. The Bertz CT molecular complexity index is 746. The van der Waals surface area contributed by atoms with Gasteiger partial charge in [-0.1, -0.05) is 18.2 Å². The maximum atomic E-state index is 13.7. The Kier molecular flexibility index (Phi) is 4.38. The summed E-state index contributed by atoms with van der Waals surface area (Å²) in [5, 5.41) is 9.65. The summed E-state index contributed by atoms with van der Waals surface area (Å²) in [4.78, 5) is 29.5. The highest BCUT2D eigenvalue weighted by molar-refractivity contribution is 7.13. The Morgan fingerprint density at radius 1 is 1.39 bits per heavy atom. The fourth-order valence-electron chi connectivity index (χ4n) is 2.60. The second-order valence-electron chi connectivity index (χ2n) is 5.46. The zero-order valence-corrected chi connectivity index (χ0v) is 13.1. The van der Waals surface area contributed by atoms with Crippen LogP contribution < -0.4 is 0 Å². The number of thiazole rings is 1. The average molecular weight is 334 g/mol. The van der Waals surface area contributed by atoms with Gasteiger partial charge in [-0.3, -0.25) is 9.59 Å². The third kappa shape index (κ3) is 3.39. The van der Waals surface area contributed by atoms with Crippen LogP contribution in [0.15, 0.2) is 30.5 Å². The maximum Gasteiger partial charge on any atom is 0.308 e. The first-order valence-corrected chi connectivity index (χ1v) is 8.06. The smallest absolute Gasteiger partial charge is 0.308 e. The van der Waals surface area contributed by atoms with E-state index in [9.17, 15) is 14.0 Å². The molecule has 0 bridgehead atoms. The van der Waals surface area contributed by atoms with Gasteiger partial charge in [0.2, 0.25) is 0 Å². The number of amides is 1. The van der Waals surface area contributed by atoms with Gasteiger partial charge in [0.05, 0.1) is 17.1 Å². The Morgan fingerprint density at radius 3 is 2.87 bits per heavy atom. The van der Waals surface area contributed by atoms with E-state index in [1.807, 2.05) is 0 Å². The summed E-state index contributed by atoms with van der Waals surface area (Å²) >= 11 is 1.22. The summed E-state index contributed by atoms with van der Waals surface area (Å²) < 4.78 is 13.7. The molecule has 1 fully saturated rings. The molecule has 1 aliphatic heterocycles. The fraction of sp³-hybridized carbons (Fsp3) is 0.312. The summed E-state index contributed by atoms with van der Waals surface area (Å²) in [5.41, 5.74) is 0.535. The number of likely N-dealkylation sites (tertiary alicyclic amines) is 1. The van der Waals surface area contributed by atoms with Crippen LogP contribution in [-0.2, 0) is 11.2 Å². The van der Waals surface area contributed by atoms with Crippen LogP contribution in [0, 0.1) is 11.7 Å². The van der Waals surface area contributed by atoms with Crippen molar-refractivity contribution in [3.05, 3.63) is 51.7 Å². The van der Waals surface area contributed by atoms with Crippen molar-refractivity contribution in [1.29, 1.82) is 0 Å². The normalized spacial score (nSPS) is 17.4. The second-order valence-corrected chi connectivity index (χ2v) is 6.58. The van der Waals surface area contributed by atoms with Crippen molar-refractivity contribution >= 4 is 23.2 Å². The highest BCUT2D eigenvalue weighted by Crippen LogP contribution is 2.23. The van der Waals surface area contributed by atoms with Gasteiger partial charge in [-0.15, -0.1) is 11.3 Å². The SMILES string of the molecule is O=C(O)C1CCN(C(=O)c2cnc(Cc3ccccc3F)s2)C1. The lowest BCUT2D eigenvalue weighted by Crippen LogP contribution is -2.29. The average Bonchev–Trinajstić information content (AvgIpc) is 3.18. The molecule has 2 aromatic rings. The van der Waals surface area contributed by atoms with E-state index in [-0.39, 0.29) is 18.3 Å². The summed E-state index contributed by atoms with van der Waals surface area (Å²) in [6.07, 6.45) is 2.29. The van der Waals surface area contributed by atoms with Crippen molar-refractivity contribution in [2.24, 2.45) is 5.92 Å². The second kappa shape index (κ2) is 6.45. The van der Waals surface area contributed by atoms with Gasteiger partial charge in [0, 0.05) is 19.5 Å². The van der Waals surface area contributed by atoms with E-state index in [0.717, 1.165) is 0 Å². The number of rotatable bonds is 4. The van der Waals surface area contributed by atoms with Crippen LogP contribution in [0.3, 0.4) is 0 Å². The van der Waals surface area contributed by atoms with Crippen LogP contribution >= 0.6 is 11.3 Å². The Labute approximate surface area is 136 Å². The number of halogens is 1. The molecule has 0 saturated carbocycles. The molecular formula is C16H15FN2O3S. The molecule has 120 valence electrons. The van der Waals surface area contributed by atoms with Gasteiger partial charge in [-0.2, -0.15) is 0 Å². The van der Waals surface area contributed by atoms with Gasteiger partial charge in [0.15, 0.2) is 0 Å². The minimum absolute atomic E-state index is 0.203.